The second-order valence-electron chi connectivity index (χ2n) is 5.46. The molecule has 1 aromatic rings. The molecule has 1 saturated carbocycles. The largest absolute Gasteiger partial charge is 0.468 e. The zero-order valence-electron chi connectivity index (χ0n) is 12.3. The summed E-state index contributed by atoms with van der Waals surface area (Å²) in [6.07, 6.45) is 5.17. The monoisotopic (exact) mass is 313 g/mol. The van der Waals surface area contributed by atoms with Crippen LogP contribution in [0.1, 0.15) is 26.2 Å². The quantitative estimate of drug-likeness (QED) is 0.841. The van der Waals surface area contributed by atoms with Gasteiger partial charge in [-0.3, -0.25) is 9.59 Å². The van der Waals surface area contributed by atoms with Crippen LogP contribution < -0.4 is 10.9 Å². The molecule has 1 aromatic heterocycles. The summed E-state index contributed by atoms with van der Waals surface area (Å²) in [7, 11) is 1.26. The number of nitrogens with one attached hydrogen (secondary N) is 1. The molecule has 0 saturated heterocycles. The van der Waals surface area contributed by atoms with Crippen molar-refractivity contribution in [1.82, 2.24) is 9.78 Å². The molecule has 0 aromatic carbocycles. The number of aromatic nitrogens is 2. The Hall–Kier alpha value is -1.56. The molecule has 0 amide bonds. The molecule has 0 radical (unpaired) electrons. The highest BCUT2D eigenvalue weighted by Gasteiger charge is 2.23. The predicted octanol–water partition coefficient (Wildman–Crippen LogP) is 1.92. The fraction of sp³-hybridized carbons (Fsp3) is 0.643. The van der Waals surface area contributed by atoms with E-state index in [0.29, 0.717) is 17.5 Å². The van der Waals surface area contributed by atoms with E-state index in [0.717, 1.165) is 11.2 Å². The van der Waals surface area contributed by atoms with Crippen LogP contribution >= 0.6 is 11.6 Å². The lowest BCUT2D eigenvalue weighted by atomic mass is 9.98. The minimum Gasteiger partial charge on any atom is -0.468 e. The number of methoxy groups -OCH3 is 1. The molecule has 7 heteroatoms. The van der Waals surface area contributed by atoms with Gasteiger partial charge in [-0.2, -0.15) is 5.10 Å². The standard InChI is InChI=1S/C14H20ClN3O3/c1-9-4-3-5-10(9)6-16-11-7-17-18(8-12(19)21-2)14(20)13(11)15/h7,9-10,16H,3-6,8H2,1-2H3. The van der Waals surface area contributed by atoms with E-state index in [1.165, 1.54) is 32.6 Å². The van der Waals surface area contributed by atoms with Gasteiger partial charge in [-0.25, -0.2) is 4.68 Å². The van der Waals surface area contributed by atoms with Gasteiger partial charge in [0.15, 0.2) is 0 Å². The molecule has 2 rings (SSSR count). The predicted molar refractivity (Wildman–Crippen MR) is 80.5 cm³/mol. The number of carbonyl (C=O) groups is 1. The van der Waals surface area contributed by atoms with Gasteiger partial charge in [0.1, 0.15) is 11.6 Å². The second kappa shape index (κ2) is 6.93. The lowest BCUT2D eigenvalue weighted by molar-refractivity contribution is -0.141. The summed E-state index contributed by atoms with van der Waals surface area (Å²) >= 11 is 6.06. The maximum atomic E-state index is 12.0. The van der Waals surface area contributed by atoms with Gasteiger partial charge in [0.25, 0.3) is 5.56 Å². The van der Waals surface area contributed by atoms with Crippen molar-refractivity contribution in [3.63, 3.8) is 0 Å². The number of carbonyl (C=O) groups excluding carboxylic acids is 1. The van der Waals surface area contributed by atoms with Crippen LogP contribution in [0.15, 0.2) is 11.0 Å². The van der Waals surface area contributed by atoms with E-state index < -0.39 is 11.5 Å². The molecule has 2 unspecified atom stereocenters. The maximum absolute atomic E-state index is 12.0. The van der Waals surface area contributed by atoms with Gasteiger partial charge in [0.2, 0.25) is 0 Å². The average molecular weight is 314 g/mol. The first kappa shape index (κ1) is 15.8. The molecule has 0 aliphatic heterocycles. The molecule has 2 atom stereocenters. The zero-order valence-corrected chi connectivity index (χ0v) is 13.0. The van der Waals surface area contributed by atoms with Gasteiger partial charge in [-0.1, -0.05) is 31.4 Å². The Kier molecular flexibility index (Phi) is 5.22. The Balaban J connectivity index is 2.06. The highest BCUT2D eigenvalue weighted by molar-refractivity contribution is 6.32. The van der Waals surface area contributed by atoms with Crippen molar-refractivity contribution in [2.75, 3.05) is 19.0 Å². The SMILES string of the molecule is COC(=O)Cn1ncc(NCC2CCCC2C)c(Cl)c1=O. The fourth-order valence-electron chi connectivity index (χ4n) is 2.65. The third-order valence-corrected chi connectivity index (χ3v) is 4.45. The van der Waals surface area contributed by atoms with Crippen molar-refractivity contribution in [1.29, 1.82) is 0 Å². The molecule has 0 bridgehead atoms. The van der Waals surface area contributed by atoms with Crippen molar-refractivity contribution >= 4 is 23.3 Å². The Labute approximate surface area is 128 Å². The molecule has 21 heavy (non-hydrogen) atoms. The molecule has 0 spiro atoms. The molecule has 1 aliphatic carbocycles. The van der Waals surface area contributed by atoms with E-state index in [-0.39, 0.29) is 11.6 Å². The zero-order chi connectivity index (χ0) is 15.4. The van der Waals surface area contributed by atoms with E-state index in [2.05, 4.69) is 22.1 Å². The van der Waals surface area contributed by atoms with Crippen LogP contribution in [-0.2, 0) is 16.1 Å². The van der Waals surface area contributed by atoms with E-state index in [1.807, 2.05) is 0 Å². The van der Waals surface area contributed by atoms with Crippen LogP contribution in [0.5, 0.6) is 0 Å². The molecule has 1 N–H and O–H groups in total. The van der Waals surface area contributed by atoms with Gasteiger partial charge in [-0.05, 0) is 18.3 Å². The molecule has 1 fully saturated rings. The summed E-state index contributed by atoms with van der Waals surface area (Å²) in [6.45, 7) is 2.78. The average Bonchev–Trinajstić information content (AvgIpc) is 2.88. The van der Waals surface area contributed by atoms with E-state index in [9.17, 15) is 9.59 Å². The third-order valence-electron chi connectivity index (χ3n) is 4.09. The smallest absolute Gasteiger partial charge is 0.327 e. The first-order valence-corrected chi connectivity index (χ1v) is 7.47. The molecule has 6 nitrogen and oxygen atoms in total. The highest BCUT2D eigenvalue weighted by Crippen LogP contribution is 2.31. The topological polar surface area (TPSA) is 73.2 Å². The number of esters is 1. The Bertz CT molecular complexity index is 573. The van der Waals surface area contributed by atoms with Gasteiger partial charge < -0.3 is 10.1 Å². The number of halogens is 1. The first-order valence-electron chi connectivity index (χ1n) is 7.09. The van der Waals surface area contributed by atoms with Crippen LogP contribution in [-0.4, -0.2) is 29.4 Å². The summed E-state index contributed by atoms with van der Waals surface area (Å²) in [5.41, 5.74) is 0.0217. The summed E-state index contributed by atoms with van der Waals surface area (Å²) in [4.78, 5) is 23.2. The Morgan fingerprint density at radius 2 is 2.33 bits per heavy atom. The lowest BCUT2D eigenvalue weighted by Gasteiger charge is -2.17. The number of ether oxygens (including phenoxy) is 1. The molecular formula is C14H20ClN3O3. The summed E-state index contributed by atoms with van der Waals surface area (Å²) in [5, 5.41) is 7.20. The summed E-state index contributed by atoms with van der Waals surface area (Å²) in [5.74, 6) is 0.739. The van der Waals surface area contributed by atoms with Gasteiger partial charge in [0.05, 0.1) is 19.0 Å². The van der Waals surface area contributed by atoms with Gasteiger partial charge >= 0.3 is 5.97 Å². The second-order valence-corrected chi connectivity index (χ2v) is 5.84. The summed E-state index contributed by atoms with van der Waals surface area (Å²) < 4.78 is 5.51. The van der Waals surface area contributed by atoms with Crippen molar-refractivity contribution in [2.24, 2.45) is 11.8 Å². The normalized spacial score (nSPS) is 21.3. The Morgan fingerprint density at radius 3 is 2.95 bits per heavy atom. The van der Waals surface area contributed by atoms with Crippen molar-refractivity contribution < 1.29 is 9.53 Å². The fourth-order valence-corrected chi connectivity index (χ4v) is 2.87. The number of rotatable bonds is 5. The van der Waals surface area contributed by atoms with E-state index in [1.54, 1.807) is 0 Å². The lowest BCUT2D eigenvalue weighted by Crippen LogP contribution is -2.28. The van der Waals surface area contributed by atoms with Crippen molar-refractivity contribution in [3.05, 3.63) is 21.6 Å². The summed E-state index contributed by atoms with van der Waals surface area (Å²) in [6, 6.07) is 0. The van der Waals surface area contributed by atoms with E-state index in [4.69, 9.17) is 11.6 Å². The van der Waals surface area contributed by atoms with Crippen molar-refractivity contribution in [3.8, 4) is 0 Å². The highest BCUT2D eigenvalue weighted by atomic mass is 35.5. The van der Waals surface area contributed by atoms with Crippen molar-refractivity contribution in [2.45, 2.75) is 32.7 Å². The van der Waals surface area contributed by atoms with Crippen LogP contribution in [0, 0.1) is 11.8 Å². The number of hydrogen-bond acceptors (Lipinski definition) is 5. The molecular weight excluding hydrogens is 294 g/mol. The maximum Gasteiger partial charge on any atom is 0.327 e. The number of hydrogen-bond donors (Lipinski definition) is 1. The molecule has 1 aliphatic rings. The minimum absolute atomic E-state index is 0.0551. The molecule has 1 heterocycles. The number of anilines is 1. The van der Waals surface area contributed by atoms with Crippen LogP contribution in [0.2, 0.25) is 5.02 Å². The Morgan fingerprint density at radius 1 is 1.57 bits per heavy atom. The van der Waals surface area contributed by atoms with Crippen LogP contribution in [0.25, 0.3) is 0 Å². The van der Waals surface area contributed by atoms with Crippen LogP contribution in [0.3, 0.4) is 0 Å². The van der Waals surface area contributed by atoms with Crippen LogP contribution in [0.4, 0.5) is 5.69 Å². The third kappa shape index (κ3) is 3.75. The van der Waals surface area contributed by atoms with Gasteiger partial charge in [-0.15, -0.1) is 0 Å². The van der Waals surface area contributed by atoms with E-state index >= 15 is 0 Å². The van der Waals surface area contributed by atoms with Gasteiger partial charge in [0, 0.05) is 6.54 Å². The first-order chi connectivity index (χ1) is 10.0. The number of nitrogens with zero attached hydrogens (tertiary/aromatic N) is 2. The minimum atomic E-state index is -0.541. The molecule has 116 valence electrons.